The lowest BCUT2D eigenvalue weighted by Gasteiger charge is -2.08. The first-order chi connectivity index (χ1) is 8.48. The van der Waals surface area contributed by atoms with Gasteiger partial charge in [-0.05, 0) is 24.6 Å². The molecule has 98 valence electrons. The molecule has 0 aliphatic carbocycles. The number of rotatable bonds is 6. The normalized spacial score (nSPS) is 10.9. The van der Waals surface area contributed by atoms with Gasteiger partial charge in [0.15, 0.2) is 0 Å². The van der Waals surface area contributed by atoms with E-state index in [1.54, 1.807) is 19.1 Å². The second kappa shape index (κ2) is 6.62. The van der Waals surface area contributed by atoms with Crippen molar-refractivity contribution in [3.8, 4) is 11.8 Å². The molecule has 0 spiro atoms. The topological polar surface area (TPSA) is 67.2 Å². The first kappa shape index (κ1) is 14.8. The lowest BCUT2D eigenvalue weighted by Crippen LogP contribution is -2.11. The van der Waals surface area contributed by atoms with E-state index in [2.05, 4.69) is 0 Å². The summed E-state index contributed by atoms with van der Waals surface area (Å²) >= 11 is 5.91. The van der Waals surface area contributed by atoms with Crippen LogP contribution in [-0.2, 0) is 9.84 Å². The molecule has 1 aromatic carbocycles. The van der Waals surface area contributed by atoms with Gasteiger partial charge in [-0.25, -0.2) is 8.42 Å². The largest absolute Gasteiger partial charge is 0.492 e. The highest BCUT2D eigenvalue weighted by molar-refractivity contribution is 7.91. The molecule has 6 heteroatoms. The lowest BCUT2D eigenvalue weighted by atomic mass is 10.2. The summed E-state index contributed by atoms with van der Waals surface area (Å²) in [4.78, 5) is 0. The van der Waals surface area contributed by atoms with Crippen LogP contribution in [0.4, 0.5) is 0 Å². The predicted octanol–water partition coefficient (Wildman–Crippen LogP) is 2.42. The Morgan fingerprint density at radius 2 is 2.17 bits per heavy atom. The zero-order chi connectivity index (χ0) is 13.6. The van der Waals surface area contributed by atoms with Crippen molar-refractivity contribution in [2.24, 2.45) is 0 Å². The summed E-state index contributed by atoms with van der Waals surface area (Å²) in [5.41, 5.74) is 0.459. The molecule has 0 heterocycles. The van der Waals surface area contributed by atoms with Crippen LogP contribution in [0.1, 0.15) is 18.9 Å². The number of sulfone groups is 1. The highest BCUT2D eigenvalue weighted by Gasteiger charge is 2.07. The number of hydrogen-bond donors (Lipinski definition) is 0. The highest BCUT2D eigenvalue weighted by atomic mass is 35.5. The highest BCUT2D eigenvalue weighted by Crippen LogP contribution is 2.25. The first-order valence-corrected chi connectivity index (χ1v) is 7.71. The molecule has 0 bridgehead atoms. The van der Waals surface area contributed by atoms with Crippen LogP contribution in [0.3, 0.4) is 0 Å². The molecule has 0 aliphatic heterocycles. The van der Waals surface area contributed by atoms with E-state index in [1.807, 2.05) is 6.07 Å². The summed E-state index contributed by atoms with van der Waals surface area (Å²) in [6, 6.07) is 6.69. The summed E-state index contributed by atoms with van der Waals surface area (Å²) in [7, 11) is -2.95. The molecular formula is C12H14ClNO3S. The molecular weight excluding hydrogens is 274 g/mol. The van der Waals surface area contributed by atoms with E-state index >= 15 is 0 Å². The molecule has 1 rings (SSSR count). The van der Waals surface area contributed by atoms with Gasteiger partial charge in [-0.1, -0.05) is 18.5 Å². The van der Waals surface area contributed by atoms with Crippen LogP contribution in [0.15, 0.2) is 18.2 Å². The van der Waals surface area contributed by atoms with Crippen molar-refractivity contribution in [1.29, 1.82) is 5.26 Å². The quantitative estimate of drug-likeness (QED) is 0.754. The Labute approximate surface area is 112 Å². The monoisotopic (exact) mass is 287 g/mol. The SMILES string of the molecule is CCS(=O)(=O)CCCOc1ccc(C#N)cc1Cl. The third kappa shape index (κ3) is 4.55. The van der Waals surface area contributed by atoms with Crippen molar-refractivity contribution >= 4 is 21.4 Å². The summed E-state index contributed by atoms with van der Waals surface area (Å²) in [6.07, 6.45) is 0.423. The van der Waals surface area contributed by atoms with Gasteiger partial charge in [0.05, 0.1) is 29.0 Å². The van der Waals surface area contributed by atoms with Gasteiger partial charge in [0, 0.05) is 5.75 Å². The minimum absolute atomic E-state index is 0.109. The van der Waals surface area contributed by atoms with Crippen molar-refractivity contribution in [3.05, 3.63) is 28.8 Å². The van der Waals surface area contributed by atoms with Gasteiger partial charge < -0.3 is 4.74 Å². The molecule has 0 fully saturated rings. The summed E-state index contributed by atoms with van der Waals surface area (Å²) < 4.78 is 27.9. The van der Waals surface area contributed by atoms with Gasteiger partial charge in [-0.15, -0.1) is 0 Å². The fraction of sp³-hybridized carbons (Fsp3) is 0.417. The number of nitriles is 1. The number of hydrogen-bond acceptors (Lipinski definition) is 4. The number of halogens is 1. The van der Waals surface area contributed by atoms with Crippen LogP contribution in [0.5, 0.6) is 5.75 Å². The fourth-order valence-electron chi connectivity index (χ4n) is 1.29. The maximum atomic E-state index is 11.2. The van der Waals surface area contributed by atoms with Crippen LogP contribution >= 0.6 is 11.6 Å². The molecule has 1 aromatic rings. The summed E-state index contributed by atoms with van der Waals surface area (Å²) in [6.45, 7) is 1.90. The molecule has 0 aliphatic rings. The molecule has 0 amide bonds. The molecule has 0 saturated heterocycles. The van der Waals surface area contributed by atoms with E-state index in [9.17, 15) is 8.42 Å². The Morgan fingerprint density at radius 3 is 2.72 bits per heavy atom. The Bertz CT molecular complexity index is 549. The van der Waals surface area contributed by atoms with Gasteiger partial charge in [0.1, 0.15) is 15.6 Å². The minimum Gasteiger partial charge on any atom is -0.492 e. The van der Waals surface area contributed by atoms with Gasteiger partial charge in [0.25, 0.3) is 0 Å². The average Bonchev–Trinajstić information content (AvgIpc) is 2.36. The van der Waals surface area contributed by atoms with Crippen molar-refractivity contribution in [3.63, 3.8) is 0 Å². The van der Waals surface area contributed by atoms with E-state index in [1.165, 1.54) is 6.07 Å². The maximum Gasteiger partial charge on any atom is 0.150 e. The molecule has 4 nitrogen and oxygen atoms in total. The smallest absolute Gasteiger partial charge is 0.150 e. The second-order valence-corrected chi connectivity index (χ2v) is 6.58. The first-order valence-electron chi connectivity index (χ1n) is 5.51. The van der Waals surface area contributed by atoms with Crippen molar-refractivity contribution in [2.45, 2.75) is 13.3 Å². The number of benzene rings is 1. The van der Waals surface area contributed by atoms with E-state index in [-0.39, 0.29) is 18.1 Å². The molecule has 0 N–H and O–H groups in total. The van der Waals surface area contributed by atoms with E-state index < -0.39 is 9.84 Å². The zero-order valence-corrected chi connectivity index (χ0v) is 11.6. The van der Waals surface area contributed by atoms with Crippen LogP contribution in [0, 0.1) is 11.3 Å². The van der Waals surface area contributed by atoms with Crippen LogP contribution < -0.4 is 4.74 Å². The minimum atomic E-state index is -2.95. The molecule has 18 heavy (non-hydrogen) atoms. The molecule has 0 atom stereocenters. The van der Waals surface area contributed by atoms with Crippen LogP contribution in [0.2, 0.25) is 5.02 Å². The van der Waals surface area contributed by atoms with E-state index in [0.717, 1.165) is 0 Å². The summed E-state index contributed by atoms with van der Waals surface area (Å²) in [5.74, 6) is 0.715. The maximum absolute atomic E-state index is 11.2. The van der Waals surface area contributed by atoms with E-state index in [0.29, 0.717) is 22.8 Å². The van der Waals surface area contributed by atoms with Gasteiger partial charge in [0.2, 0.25) is 0 Å². The van der Waals surface area contributed by atoms with Gasteiger partial charge in [-0.3, -0.25) is 0 Å². The molecule has 0 saturated carbocycles. The van der Waals surface area contributed by atoms with Crippen molar-refractivity contribution < 1.29 is 13.2 Å². The average molecular weight is 288 g/mol. The van der Waals surface area contributed by atoms with Crippen molar-refractivity contribution in [2.75, 3.05) is 18.1 Å². The Kier molecular flexibility index (Phi) is 5.45. The zero-order valence-electron chi connectivity index (χ0n) is 10.0. The third-order valence-corrected chi connectivity index (χ3v) is 4.44. The molecule has 0 radical (unpaired) electrons. The Hall–Kier alpha value is -1.25. The predicted molar refractivity (Wildman–Crippen MR) is 70.6 cm³/mol. The van der Waals surface area contributed by atoms with Crippen molar-refractivity contribution in [1.82, 2.24) is 0 Å². The van der Waals surface area contributed by atoms with Crippen LogP contribution in [0.25, 0.3) is 0 Å². The second-order valence-electron chi connectivity index (χ2n) is 3.70. The standard InChI is InChI=1S/C12H14ClNO3S/c1-2-18(15,16)7-3-6-17-12-5-4-10(9-14)8-11(12)13/h4-5,8H,2-3,6-7H2,1H3. The number of nitrogens with zero attached hydrogens (tertiary/aromatic N) is 1. The Balaban J connectivity index is 2.48. The lowest BCUT2D eigenvalue weighted by molar-refractivity contribution is 0.318. The van der Waals surface area contributed by atoms with Gasteiger partial charge >= 0.3 is 0 Å². The summed E-state index contributed by atoms with van der Waals surface area (Å²) in [5, 5.41) is 9.02. The van der Waals surface area contributed by atoms with Gasteiger partial charge in [-0.2, -0.15) is 5.26 Å². The van der Waals surface area contributed by atoms with E-state index in [4.69, 9.17) is 21.6 Å². The molecule has 0 unspecified atom stereocenters. The number of ether oxygens (including phenoxy) is 1. The fourth-order valence-corrected chi connectivity index (χ4v) is 2.37. The molecule has 0 aromatic heterocycles. The third-order valence-electron chi connectivity index (χ3n) is 2.36. The van der Waals surface area contributed by atoms with Crippen LogP contribution in [-0.4, -0.2) is 26.5 Å². The Morgan fingerprint density at radius 1 is 1.44 bits per heavy atom.